The molecule has 1 saturated heterocycles. The van der Waals surface area contributed by atoms with Crippen LogP contribution in [-0.2, 0) is 4.79 Å². The predicted octanol–water partition coefficient (Wildman–Crippen LogP) is 1.99. The summed E-state index contributed by atoms with van der Waals surface area (Å²) in [4.78, 5) is 36.5. The second-order valence-electron chi connectivity index (χ2n) is 6.12. The number of carbonyl (C=O) groups excluding carboxylic acids is 2. The van der Waals surface area contributed by atoms with Gasteiger partial charge in [0.05, 0.1) is 11.0 Å². The van der Waals surface area contributed by atoms with Gasteiger partial charge in [0.25, 0.3) is 11.6 Å². The minimum atomic E-state index is -0.622. The van der Waals surface area contributed by atoms with Crippen molar-refractivity contribution in [1.82, 2.24) is 10.2 Å². The van der Waals surface area contributed by atoms with E-state index in [2.05, 4.69) is 12.2 Å². The van der Waals surface area contributed by atoms with Crippen molar-refractivity contribution in [3.63, 3.8) is 0 Å². The molecule has 1 heterocycles. The van der Waals surface area contributed by atoms with E-state index in [1.807, 2.05) is 0 Å². The lowest BCUT2D eigenvalue weighted by Gasteiger charge is -2.17. The van der Waals surface area contributed by atoms with Gasteiger partial charge >= 0.3 is 0 Å². The molecule has 3 rings (SSSR count). The molecular formula is C15H16ClN3O4. The molecule has 1 aliphatic carbocycles. The Bertz CT molecular complexity index is 693. The van der Waals surface area contributed by atoms with E-state index in [0.29, 0.717) is 12.5 Å². The minimum Gasteiger partial charge on any atom is -0.347 e. The molecule has 1 saturated carbocycles. The van der Waals surface area contributed by atoms with Gasteiger partial charge in [-0.1, -0.05) is 18.5 Å². The van der Waals surface area contributed by atoms with Crippen molar-refractivity contribution in [2.75, 3.05) is 6.54 Å². The fourth-order valence-electron chi connectivity index (χ4n) is 3.00. The van der Waals surface area contributed by atoms with Crippen molar-refractivity contribution in [1.29, 1.82) is 0 Å². The highest BCUT2D eigenvalue weighted by atomic mass is 35.5. The lowest BCUT2D eigenvalue weighted by Crippen LogP contribution is -2.38. The van der Waals surface area contributed by atoms with E-state index in [1.165, 1.54) is 18.2 Å². The van der Waals surface area contributed by atoms with Crippen molar-refractivity contribution in [3.05, 3.63) is 38.9 Å². The first-order chi connectivity index (χ1) is 10.9. The third-order valence-electron chi connectivity index (χ3n) is 4.36. The number of halogens is 1. The predicted molar refractivity (Wildman–Crippen MR) is 83.3 cm³/mol. The monoisotopic (exact) mass is 337 g/mol. The molecule has 2 aliphatic rings. The van der Waals surface area contributed by atoms with Gasteiger partial charge in [0, 0.05) is 30.1 Å². The minimum absolute atomic E-state index is 0.0187. The Morgan fingerprint density at radius 2 is 2.17 bits per heavy atom. The number of hydrogen-bond donors (Lipinski definition) is 1. The Hall–Kier alpha value is -2.15. The lowest BCUT2D eigenvalue weighted by molar-refractivity contribution is -0.385. The summed E-state index contributed by atoms with van der Waals surface area (Å²) in [5.74, 6) is -0.0599. The zero-order chi connectivity index (χ0) is 16.7. The average molecular weight is 338 g/mol. The molecule has 0 bridgehead atoms. The summed E-state index contributed by atoms with van der Waals surface area (Å²) in [5, 5.41) is 14.0. The average Bonchev–Trinajstić information content (AvgIpc) is 3.09. The number of likely N-dealkylation sites (tertiary alicyclic amines) is 1. The van der Waals surface area contributed by atoms with Crippen LogP contribution in [0.25, 0.3) is 0 Å². The van der Waals surface area contributed by atoms with Gasteiger partial charge in [-0.15, -0.1) is 0 Å². The summed E-state index contributed by atoms with van der Waals surface area (Å²) < 4.78 is 0. The molecule has 7 nitrogen and oxygen atoms in total. The fourth-order valence-corrected chi connectivity index (χ4v) is 3.17. The summed E-state index contributed by atoms with van der Waals surface area (Å²) in [6.07, 6.45) is 1.22. The van der Waals surface area contributed by atoms with Crippen molar-refractivity contribution in [3.8, 4) is 0 Å². The number of amides is 2. The molecule has 1 aromatic carbocycles. The quantitative estimate of drug-likeness (QED) is 0.671. The third-order valence-corrected chi connectivity index (χ3v) is 4.60. The topological polar surface area (TPSA) is 92.6 Å². The third kappa shape index (κ3) is 3.14. The van der Waals surface area contributed by atoms with E-state index in [9.17, 15) is 19.7 Å². The molecule has 1 aliphatic heterocycles. The van der Waals surface area contributed by atoms with E-state index in [-0.39, 0.29) is 40.7 Å². The Labute approximate surface area is 137 Å². The Morgan fingerprint density at radius 3 is 2.78 bits per heavy atom. The van der Waals surface area contributed by atoms with E-state index in [4.69, 9.17) is 11.6 Å². The van der Waals surface area contributed by atoms with Crippen LogP contribution in [-0.4, -0.2) is 40.3 Å². The second kappa shape index (κ2) is 5.81. The van der Waals surface area contributed by atoms with Gasteiger partial charge in [0.1, 0.15) is 5.56 Å². The summed E-state index contributed by atoms with van der Waals surface area (Å²) in [6.45, 7) is 2.53. The van der Waals surface area contributed by atoms with Crippen molar-refractivity contribution >= 4 is 29.1 Å². The van der Waals surface area contributed by atoms with E-state index in [1.54, 1.807) is 4.90 Å². The molecule has 1 N–H and O–H groups in total. The standard InChI is InChI=1S/C15H16ClN3O4/c1-8-4-13(8)18-7-10(6-14(18)20)17-15(21)11-5-9(16)2-3-12(11)19(22)23/h2-3,5,8,10,13H,4,6-7H2,1H3,(H,17,21)/t8-,10-,13+/m1/s1. The Morgan fingerprint density at radius 1 is 1.48 bits per heavy atom. The largest absolute Gasteiger partial charge is 0.347 e. The number of carbonyl (C=O) groups is 2. The van der Waals surface area contributed by atoms with Gasteiger partial charge in [-0.2, -0.15) is 0 Å². The molecule has 0 spiro atoms. The number of nitrogens with zero attached hydrogens (tertiary/aromatic N) is 2. The highest BCUT2D eigenvalue weighted by molar-refractivity contribution is 6.31. The number of hydrogen-bond acceptors (Lipinski definition) is 4. The number of rotatable bonds is 4. The van der Waals surface area contributed by atoms with E-state index in [0.717, 1.165) is 6.42 Å². The van der Waals surface area contributed by atoms with Crippen LogP contribution in [0.5, 0.6) is 0 Å². The summed E-state index contributed by atoms with van der Waals surface area (Å²) >= 11 is 5.83. The van der Waals surface area contributed by atoms with Gasteiger partial charge in [0.15, 0.2) is 0 Å². The highest BCUT2D eigenvalue weighted by Crippen LogP contribution is 2.37. The molecule has 2 amide bonds. The SMILES string of the molecule is C[C@@H]1C[C@@H]1N1C[C@H](NC(=O)c2cc(Cl)ccc2[N+](=O)[O-])CC1=O. The fraction of sp³-hybridized carbons (Fsp3) is 0.467. The molecule has 1 aromatic rings. The maximum absolute atomic E-state index is 12.3. The van der Waals surface area contributed by atoms with E-state index < -0.39 is 10.8 Å². The van der Waals surface area contributed by atoms with Crippen LogP contribution in [0.3, 0.4) is 0 Å². The van der Waals surface area contributed by atoms with Crippen LogP contribution in [0.4, 0.5) is 5.69 Å². The first kappa shape index (κ1) is 15.7. The number of nitro groups is 1. The molecule has 23 heavy (non-hydrogen) atoms. The van der Waals surface area contributed by atoms with Crippen molar-refractivity contribution in [2.45, 2.75) is 31.8 Å². The van der Waals surface area contributed by atoms with Crippen molar-refractivity contribution in [2.24, 2.45) is 5.92 Å². The van der Waals surface area contributed by atoms with Gasteiger partial charge in [-0.3, -0.25) is 19.7 Å². The van der Waals surface area contributed by atoms with Crippen LogP contribution in [0, 0.1) is 16.0 Å². The summed E-state index contributed by atoms with van der Waals surface area (Å²) in [7, 11) is 0. The summed E-state index contributed by atoms with van der Waals surface area (Å²) in [6, 6.07) is 3.78. The maximum Gasteiger partial charge on any atom is 0.282 e. The first-order valence-corrected chi connectivity index (χ1v) is 7.79. The molecule has 2 fully saturated rings. The molecule has 122 valence electrons. The van der Waals surface area contributed by atoms with E-state index >= 15 is 0 Å². The molecule has 0 radical (unpaired) electrons. The molecule has 0 aromatic heterocycles. The van der Waals surface area contributed by atoms with Gasteiger partial charge in [-0.25, -0.2) is 0 Å². The zero-order valence-corrected chi connectivity index (χ0v) is 13.2. The van der Waals surface area contributed by atoms with Gasteiger partial charge < -0.3 is 10.2 Å². The smallest absolute Gasteiger partial charge is 0.282 e. The van der Waals surface area contributed by atoms with Crippen LogP contribution < -0.4 is 5.32 Å². The first-order valence-electron chi connectivity index (χ1n) is 7.41. The van der Waals surface area contributed by atoms with Gasteiger partial charge in [0.2, 0.25) is 5.91 Å². The van der Waals surface area contributed by atoms with Crippen LogP contribution in [0.1, 0.15) is 30.1 Å². The van der Waals surface area contributed by atoms with Gasteiger partial charge in [-0.05, 0) is 24.5 Å². The number of nitro benzene ring substituents is 1. The van der Waals surface area contributed by atoms with Crippen LogP contribution in [0.2, 0.25) is 5.02 Å². The lowest BCUT2D eigenvalue weighted by atomic mass is 10.1. The van der Waals surface area contributed by atoms with Crippen LogP contribution >= 0.6 is 11.6 Å². The highest BCUT2D eigenvalue weighted by Gasteiger charge is 2.45. The maximum atomic E-state index is 12.3. The molecule has 3 atom stereocenters. The second-order valence-corrected chi connectivity index (χ2v) is 6.56. The molecule has 8 heteroatoms. The van der Waals surface area contributed by atoms with Crippen LogP contribution in [0.15, 0.2) is 18.2 Å². The Kier molecular flexibility index (Phi) is 3.97. The number of nitrogens with one attached hydrogen (secondary N) is 1. The Balaban J connectivity index is 1.72. The van der Waals surface area contributed by atoms with Crippen molar-refractivity contribution < 1.29 is 14.5 Å². The zero-order valence-electron chi connectivity index (χ0n) is 12.5. The molecular weight excluding hydrogens is 322 g/mol. The summed E-state index contributed by atoms with van der Waals surface area (Å²) in [5.41, 5.74) is -0.392. The molecule has 0 unspecified atom stereocenters. The number of benzene rings is 1. The normalized spacial score (nSPS) is 26.3.